The van der Waals surface area contributed by atoms with Crippen LogP contribution in [0.25, 0.3) is 82.4 Å². The quantitative estimate of drug-likeness (QED) is 0.0338. The number of nitrogens with zero attached hydrogens (tertiary/aromatic N) is 5. The maximum atomic E-state index is 13.3. The number of alkyl halides is 15. The molecule has 15 nitrogen and oxygen atoms in total. The van der Waals surface area contributed by atoms with Crippen LogP contribution in [0.3, 0.4) is 0 Å². The van der Waals surface area contributed by atoms with Crippen LogP contribution in [0.1, 0.15) is 288 Å². The Morgan fingerprint density at radius 2 is 0.517 bits per heavy atom. The van der Waals surface area contributed by atoms with Crippen molar-refractivity contribution >= 4 is 82.4 Å². The van der Waals surface area contributed by atoms with E-state index in [1.165, 1.54) is 30.3 Å². The molecule has 143 heavy (non-hydrogen) atoms. The summed E-state index contributed by atoms with van der Waals surface area (Å²) in [4.78, 5) is 22.0. The van der Waals surface area contributed by atoms with Gasteiger partial charge in [0.15, 0.2) is 0 Å². The maximum Gasteiger partial charge on any atom is 0.416 e. The summed E-state index contributed by atoms with van der Waals surface area (Å²) in [6, 6.07) is 37.2. The second-order valence-electron chi connectivity index (χ2n) is 36.1. The van der Waals surface area contributed by atoms with E-state index in [9.17, 15) is 65.9 Å². The van der Waals surface area contributed by atoms with Gasteiger partial charge in [0, 0.05) is 117 Å². The Bertz CT molecular complexity index is 5500. The van der Waals surface area contributed by atoms with Crippen LogP contribution in [0, 0.1) is 48.1 Å². The number of hydrogen-bond acceptors (Lipinski definition) is 15. The van der Waals surface area contributed by atoms with Gasteiger partial charge in [0.2, 0.25) is 0 Å². The minimum Gasteiger partial charge on any atom is -0.393 e. The van der Waals surface area contributed by atoms with Crippen LogP contribution in [0.15, 0.2) is 152 Å². The number of para-hydroxylation sites is 1. The molecule has 0 saturated heterocycles. The number of halogens is 15. The van der Waals surface area contributed by atoms with Crippen molar-refractivity contribution in [1.82, 2.24) is 24.9 Å². The van der Waals surface area contributed by atoms with E-state index in [0.717, 1.165) is 207 Å². The van der Waals surface area contributed by atoms with Crippen molar-refractivity contribution in [2.45, 2.75) is 323 Å². The van der Waals surface area contributed by atoms with Gasteiger partial charge in [-0.3, -0.25) is 30.4 Å². The zero-order valence-electron chi connectivity index (χ0n) is 82.0. The van der Waals surface area contributed by atoms with Crippen LogP contribution in [-0.2, 0) is 131 Å². The maximum absolute atomic E-state index is 13.3. The van der Waals surface area contributed by atoms with Crippen LogP contribution in [0.5, 0.6) is 0 Å². The molecule has 5 aromatic carbocycles. The molecule has 10 aromatic rings. The summed E-state index contributed by atoms with van der Waals surface area (Å²) in [5.74, 6) is 0.981. The summed E-state index contributed by atoms with van der Waals surface area (Å²) in [7, 11) is 0. The van der Waals surface area contributed by atoms with Crippen LogP contribution in [-0.4, -0.2) is 137 Å². The molecular formula is C108H131F15Ir5N5O10-5. The van der Waals surface area contributed by atoms with Gasteiger partial charge in [-0.05, 0) is 201 Å². The predicted molar refractivity (Wildman–Crippen MR) is 513 cm³/mol. The zero-order valence-corrected chi connectivity index (χ0v) is 94.0. The standard InChI is InChI=1S/3C17H15F3N.2C16H13F3N.5C5H12O2.5Ir/c1-11-5-4-7-13(9-11)16-14(17(18,19)20)10-12-6-2-3-8-15(12)21-16;1-11-3-2-4-13(9-11)15-8-6-12-5-7-14(17(18,19)20)10-16(12)21-15;1-11-3-2-4-12(9-11)15-7-5-13-10-14(17(18,19)20)6-8-16(13)21-15;17-16(18,19)13-7-9-15-12(10-13)6-8-14(20-15)11-4-2-1-3-5-11;17-16(18,19)13-8-6-12-7-9-14(20-15(12)10-13)11-4-2-1-3-5-11;5*1-4(6)3-5(2)7;;;;;/h2-3,6,8,10-11H,4-5,7H2,1H3;2*5-8,10-11H,2-4H2,1H3;2*6-10H,1-4H2;5*4-7H,3H2,1-2H3;;;;;/q5*-1;;;;;;;;;;. The second kappa shape index (κ2) is 64.9. The van der Waals surface area contributed by atoms with Gasteiger partial charge >= 0.3 is 30.9 Å². The number of benzene rings is 5. The minimum absolute atomic E-state index is 0. The van der Waals surface area contributed by atoms with Gasteiger partial charge in [-0.2, -0.15) is 93.7 Å². The Labute approximate surface area is 897 Å². The molecule has 10 N–H and O–H groups in total. The van der Waals surface area contributed by atoms with E-state index in [0.29, 0.717) is 99.7 Å². The Hall–Kier alpha value is -6.35. The monoisotopic (exact) mass is 2910 g/mol. The SMILES string of the molecule is CC(O)CC(C)O.CC(O)CC(C)O.CC(O)CC(C)O.CC(O)CC(C)O.CC(O)CC(C)O.CC1[C-]=C(c2ccc3cc(C(F)(F)F)ccc3n2)CCC1.CC1[C-]=C(c2ccc3ccc(C(F)(F)F)cc3n2)CCC1.CC1[C-]=C(c2nc3ccccc3cc2C(F)(F)F)CCC1.FC(F)(F)c1ccc2ccc(C3=[C-]CCCC3)nc2c1.FC(F)(F)c1ccc2nc(C3=[C-]CCCC3)ccc2c1.[Ir].[Ir].[Ir].[Ir].[Ir]. The molecule has 0 saturated carbocycles. The number of allylic oxidation sites excluding steroid dienone is 10. The summed E-state index contributed by atoms with van der Waals surface area (Å²) in [6.07, 6.45) is 10.3. The van der Waals surface area contributed by atoms with E-state index < -0.39 is 58.7 Å². The molecule has 803 valence electrons. The minimum atomic E-state index is -4.40. The molecule has 5 radical (unpaired) electrons. The molecule has 0 amide bonds. The number of aromatic nitrogens is 5. The van der Waals surface area contributed by atoms with Crippen LogP contribution in [0.4, 0.5) is 65.9 Å². The topological polar surface area (TPSA) is 267 Å². The van der Waals surface area contributed by atoms with Gasteiger partial charge in [-0.25, -0.2) is 0 Å². The third kappa shape index (κ3) is 49.8. The van der Waals surface area contributed by atoms with Gasteiger partial charge in [0.1, 0.15) is 0 Å². The second-order valence-corrected chi connectivity index (χ2v) is 36.1. The third-order valence-corrected chi connectivity index (χ3v) is 21.9. The van der Waals surface area contributed by atoms with Crippen molar-refractivity contribution in [1.29, 1.82) is 0 Å². The molecule has 13 atom stereocenters. The first-order valence-corrected chi connectivity index (χ1v) is 46.8. The van der Waals surface area contributed by atoms with E-state index in [4.69, 9.17) is 51.1 Å². The largest absolute Gasteiger partial charge is 0.416 e. The first-order valence-electron chi connectivity index (χ1n) is 46.8. The molecule has 0 bridgehead atoms. The number of pyridine rings is 5. The summed E-state index contributed by atoms with van der Waals surface area (Å²) >= 11 is 0. The van der Waals surface area contributed by atoms with Crippen LogP contribution < -0.4 is 0 Å². The fourth-order valence-electron chi connectivity index (χ4n) is 15.5. The fourth-order valence-corrected chi connectivity index (χ4v) is 15.5. The van der Waals surface area contributed by atoms with Crippen molar-refractivity contribution in [3.8, 4) is 0 Å². The van der Waals surface area contributed by atoms with E-state index >= 15 is 0 Å². The van der Waals surface area contributed by atoms with Crippen molar-refractivity contribution in [2.75, 3.05) is 0 Å². The molecule has 5 aromatic heterocycles. The Morgan fingerprint density at radius 3 is 0.804 bits per heavy atom. The average Bonchev–Trinajstić information content (AvgIpc) is 0.759. The molecule has 0 fully saturated rings. The number of fused-ring (bicyclic) bond motifs is 5. The van der Waals surface area contributed by atoms with Gasteiger partial charge < -0.3 is 76.0 Å². The summed E-state index contributed by atoms with van der Waals surface area (Å²) in [6.45, 7) is 22.8. The molecule has 13 unspecified atom stereocenters. The van der Waals surface area contributed by atoms with Crippen molar-refractivity contribution in [3.63, 3.8) is 0 Å². The van der Waals surface area contributed by atoms with Crippen molar-refractivity contribution < 1.29 is 217 Å². The van der Waals surface area contributed by atoms with E-state index in [2.05, 4.69) is 69.1 Å². The molecule has 5 heterocycles. The number of rotatable bonds is 15. The van der Waals surface area contributed by atoms with Crippen LogP contribution in [0.2, 0.25) is 0 Å². The summed E-state index contributed by atoms with van der Waals surface area (Å²) < 4.78 is 193. The van der Waals surface area contributed by atoms with E-state index in [1.54, 1.807) is 118 Å². The van der Waals surface area contributed by atoms with Gasteiger partial charge in [0.05, 0.1) is 94.3 Å². The van der Waals surface area contributed by atoms with Crippen LogP contribution >= 0.6 is 0 Å². The molecule has 0 spiro atoms. The Kier molecular flexibility index (Phi) is 61.1. The Morgan fingerprint density at radius 1 is 0.266 bits per heavy atom. The smallest absolute Gasteiger partial charge is 0.393 e. The molecule has 5 aliphatic rings. The average molecular weight is 2910 g/mol. The molecule has 35 heteroatoms. The summed E-state index contributed by atoms with van der Waals surface area (Å²) in [5.41, 5.74) is 7.31. The van der Waals surface area contributed by atoms with Crippen molar-refractivity contribution in [2.24, 2.45) is 17.8 Å². The zero-order chi connectivity index (χ0) is 103. The number of aliphatic hydroxyl groups is 10. The molecular weight excluding hydrogens is 2770 g/mol. The third-order valence-electron chi connectivity index (χ3n) is 21.9. The molecule has 15 rings (SSSR count). The van der Waals surface area contributed by atoms with E-state index in [1.807, 2.05) is 31.2 Å². The molecule has 0 aliphatic heterocycles. The summed E-state index contributed by atoms with van der Waals surface area (Å²) in [5, 5.41) is 88.6. The van der Waals surface area contributed by atoms with Gasteiger partial charge in [-0.1, -0.05) is 206 Å². The van der Waals surface area contributed by atoms with Gasteiger partial charge in [0.25, 0.3) is 0 Å². The predicted octanol–water partition coefficient (Wildman–Crippen LogP) is 26.5. The first-order chi connectivity index (χ1) is 64.5. The number of hydrogen-bond donors (Lipinski definition) is 10. The normalized spacial score (nSPS) is 17.8. The Balaban J connectivity index is 0.000000818. The fraction of sp³-hybridized carbons (Fsp3) is 0.491. The first kappa shape index (κ1) is 135. The molecule has 5 aliphatic carbocycles. The number of aliphatic hydroxyl groups excluding tert-OH is 10. The van der Waals surface area contributed by atoms with Gasteiger partial charge in [-0.15, -0.1) is 54.9 Å². The van der Waals surface area contributed by atoms with E-state index in [-0.39, 0.29) is 173 Å². The van der Waals surface area contributed by atoms with Crippen molar-refractivity contribution in [3.05, 3.63) is 238 Å².